The molecule has 3 fully saturated rings. The monoisotopic (exact) mass is 218 g/mol. The highest BCUT2D eigenvalue weighted by molar-refractivity contribution is 6.00. The highest BCUT2D eigenvalue weighted by Crippen LogP contribution is 2.61. The van der Waals surface area contributed by atoms with Crippen LogP contribution in [0.3, 0.4) is 0 Å². The van der Waals surface area contributed by atoms with Gasteiger partial charge in [-0.15, -0.1) is 0 Å². The lowest BCUT2D eigenvalue weighted by molar-refractivity contribution is -0.148. The van der Waals surface area contributed by atoms with Gasteiger partial charge in [0.2, 0.25) is 0 Å². The van der Waals surface area contributed by atoms with Gasteiger partial charge in [-0.05, 0) is 18.8 Å². The Labute approximate surface area is 93.8 Å². The van der Waals surface area contributed by atoms with Gasteiger partial charge in [0.1, 0.15) is 5.78 Å². The SMILES string of the molecule is O=C1CCC23C=CC(CC2C1)C1(CO1)C3=O. The maximum absolute atomic E-state index is 12.5. The lowest BCUT2D eigenvalue weighted by atomic mass is 9.50. The zero-order chi connectivity index (χ0) is 11.0. The van der Waals surface area contributed by atoms with Crippen molar-refractivity contribution in [1.29, 1.82) is 0 Å². The van der Waals surface area contributed by atoms with Gasteiger partial charge in [-0.3, -0.25) is 9.59 Å². The molecule has 0 radical (unpaired) electrons. The molecule has 4 unspecified atom stereocenters. The average molecular weight is 218 g/mol. The van der Waals surface area contributed by atoms with Crippen LogP contribution < -0.4 is 0 Å². The molecule has 4 atom stereocenters. The zero-order valence-corrected chi connectivity index (χ0v) is 9.07. The number of hydrogen-bond acceptors (Lipinski definition) is 3. The Bertz CT molecular complexity index is 432. The second-order valence-corrected chi connectivity index (χ2v) is 5.69. The first-order chi connectivity index (χ1) is 7.67. The van der Waals surface area contributed by atoms with Gasteiger partial charge >= 0.3 is 0 Å². The molecule has 16 heavy (non-hydrogen) atoms. The molecule has 0 aromatic heterocycles. The largest absolute Gasteiger partial charge is 0.361 e. The summed E-state index contributed by atoms with van der Waals surface area (Å²) >= 11 is 0. The van der Waals surface area contributed by atoms with Crippen molar-refractivity contribution in [2.45, 2.75) is 31.3 Å². The third kappa shape index (κ3) is 0.819. The fraction of sp³-hybridized carbons (Fsp3) is 0.692. The molecule has 3 heteroatoms. The number of epoxide rings is 1. The maximum Gasteiger partial charge on any atom is 0.177 e. The van der Waals surface area contributed by atoms with Gasteiger partial charge in [-0.2, -0.15) is 0 Å². The Morgan fingerprint density at radius 2 is 2.19 bits per heavy atom. The van der Waals surface area contributed by atoms with Crippen molar-refractivity contribution in [3.8, 4) is 0 Å². The molecule has 84 valence electrons. The third-order valence-corrected chi connectivity index (χ3v) is 5.05. The summed E-state index contributed by atoms with van der Waals surface area (Å²) in [7, 11) is 0. The smallest absolute Gasteiger partial charge is 0.177 e. The van der Waals surface area contributed by atoms with E-state index in [0.717, 1.165) is 6.42 Å². The molecule has 2 spiro atoms. The molecule has 3 nitrogen and oxygen atoms in total. The van der Waals surface area contributed by atoms with E-state index in [1.807, 2.05) is 0 Å². The summed E-state index contributed by atoms with van der Waals surface area (Å²) in [6.07, 6.45) is 7.10. The van der Waals surface area contributed by atoms with Crippen LogP contribution in [0.4, 0.5) is 0 Å². The van der Waals surface area contributed by atoms with Crippen molar-refractivity contribution in [2.75, 3.05) is 6.61 Å². The second-order valence-electron chi connectivity index (χ2n) is 5.69. The molecule has 5 rings (SSSR count). The van der Waals surface area contributed by atoms with Crippen LogP contribution in [0.1, 0.15) is 25.7 Å². The number of ether oxygens (including phenoxy) is 1. The van der Waals surface area contributed by atoms with E-state index in [-0.39, 0.29) is 23.0 Å². The number of ketones is 2. The van der Waals surface area contributed by atoms with E-state index >= 15 is 0 Å². The van der Waals surface area contributed by atoms with E-state index in [9.17, 15) is 9.59 Å². The molecule has 2 bridgehead atoms. The van der Waals surface area contributed by atoms with Gasteiger partial charge in [0.15, 0.2) is 11.4 Å². The maximum atomic E-state index is 12.5. The van der Waals surface area contributed by atoms with Crippen molar-refractivity contribution >= 4 is 11.6 Å². The first-order valence-corrected chi connectivity index (χ1v) is 6.07. The fourth-order valence-electron chi connectivity index (χ4n) is 4.00. The number of allylic oxidation sites excluding steroid dienone is 1. The lowest BCUT2D eigenvalue weighted by Gasteiger charge is -2.51. The lowest BCUT2D eigenvalue weighted by Crippen LogP contribution is -2.58. The van der Waals surface area contributed by atoms with Crippen LogP contribution in [0.15, 0.2) is 12.2 Å². The summed E-state index contributed by atoms with van der Waals surface area (Å²) in [6, 6.07) is 0. The topological polar surface area (TPSA) is 46.7 Å². The first-order valence-electron chi connectivity index (χ1n) is 6.07. The van der Waals surface area contributed by atoms with E-state index in [0.29, 0.717) is 31.7 Å². The third-order valence-electron chi connectivity index (χ3n) is 5.05. The van der Waals surface area contributed by atoms with Crippen LogP contribution in [0.25, 0.3) is 0 Å². The van der Waals surface area contributed by atoms with Gasteiger partial charge in [0.05, 0.1) is 12.0 Å². The zero-order valence-electron chi connectivity index (χ0n) is 9.07. The van der Waals surface area contributed by atoms with Gasteiger partial charge in [-0.1, -0.05) is 12.2 Å². The van der Waals surface area contributed by atoms with Gasteiger partial charge < -0.3 is 4.74 Å². The van der Waals surface area contributed by atoms with Crippen molar-refractivity contribution in [1.82, 2.24) is 0 Å². The Morgan fingerprint density at radius 3 is 2.94 bits per heavy atom. The minimum atomic E-state index is -0.467. The van der Waals surface area contributed by atoms with Gasteiger partial charge in [0.25, 0.3) is 0 Å². The minimum absolute atomic E-state index is 0.234. The Balaban J connectivity index is 1.83. The Kier molecular flexibility index (Phi) is 1.41. The number of carbonyl (C=O) groups excluding carboxylic acids is 2. The molecule has 0 aromatic rings. The molecule has 1 aliphatic heterocycles. The molecule has 1 saturated heterocycles. The Morgan fingerprint density at radius 1 is 1.38 bits per heavy atom. The van der Waals surface area contributed by atoms with E-state index in [1.54, 1.807) is 0 Å². The number of carbonyl (C=O) groups is 2. The number of Topliss-reactive ketones (excluding diaryl/α,β-unsaturated/α-hetero) is 2. The number of hydrogen-bond donors (Lipinski definition) is 0. The number of rotatable bonds is 0. The van der Waals surface area contributed by atoms with Gasteiger partial charge in [0, 0.05) is 18.8 Å². The molecule has 5 aliphatic rings. The summed E-state index contributed by atoms with van der Waals surface area (Å²) in [4.78, 5) is 24.1. The van der Waals surface area contributed by atoms with E-state index in [2.05, 4.69) is 12.2 Å². The molecule has 0 aromatic carbocycles. The normalized spacial score (nSPS) is 53.2. The summed E-state index contributed by atoms with van der Waals surface area (Å²) in [5.74, 6) is 1.09. The standard InChI is InChI=1S/C13H14O3/c14-10-2-4-12-3-1-8(5-9(12)6-10)13(7-16-13)11(12)15/h1,3,8-9H,2,4-7H2. The van der Waals surface area contributed by atoms with Crippen LogP contribution in [0.2, 0.25) is 0 Å². The second kappa shape index (κ2) is 2.48. The predicted molar refractivity (Wildman–Crippen MR) is 55.7 cm³/mol. The predicted octanol–water partition coefficient (Wildman–Crippen LogP) is 1.27. The van der Waals surface area contributed by atoms with Gasteiger partial charge in [-0.25, -0.2) is 0 Å². The molecular formula is C13H14O3. The summed E-state index contributed by atoms with van der Waals surface area (Å²) in [5.41, 5.74) is -0.815. The van der Waals surface area contributed by atoms with Crippen molar-refractivity contribution in [3.63, 3.8) is 0 Å². The molecule has 1 heterocycles. The molecule has 0 N–H and O–H groups in total. The quantitative estimate of drug-likeness (QED) is 0.454. The van der Waals surface area contributed by atoms with Crippen molar-refractivity contribution in [3.05, 3.63) is 12.2 Å². The van der Waals surface area contributed by atoms with Crippen molar-refractivity contribution < 1.29 is 14.3 Å². The van der Waals surface area contributed by atoms with Crippen LogP contribution in [-0.2, 0) is 14.3 Å². The molecular weight excluding hydrogens is 204 g/mol. The average Bonchev–Trinajstić information content (AvgIpc) is 3.06. The van der Waals surface area contributed by atoms with E-state index in [1.165, 1.54) is 0 Å². The Hall–Kier alpha value is -0.960. The fourth-order valence-corrected chi connectivity index (χ4v) is 4.00. The van der Waals surface area contributed by atoms with Crippen LogP contribution in [0.5, 0.6) is 0 Å². The summed E-state index contributed by atoms with van der Waals surface area (Å²) in [5, 5.41) is 0. The molecule has 0 amide bonds. The highest BCUT2D eigenvalue weighted by Gasteiger charge is 2.70. The minimum Gasteiger partial charge on any atom is -0.361 e. The summed E-state index contributed by atoms with van der Waals surface area (Å²) < 4.78 is 5.47. The summed E-state index contributed by atoms with van der Waals surface area (Å²) in [6.45, 7) is 0.600. The molecule has 4 aliphatic carbocycles. The van der Waals surface area contributed by atoms with Crippen LogP contribution in [0, 0.1) is 17.3 Å². The molecule has 2 saturated carbocycles. The van der Waals surface area contributed by atoms with E-state index < -0.39 is 5.60 Å². The highest BCUT2D eigenvalue weighted by atomic mass is 16.6. The van der Waals surface area contributed by atoms with E-state index in [4.69, 9.17) is 4.74 Å². The van der Waals surface area contributed by atoms with Crippen molar-refractivity contribution in [2.24, 2.45) is 17.3 Å². The van der Waals surface area contributed by atoms with Crippen LogP contribution in [-0.4, -0.2) is 23.8 Å². The first kappa shape index (κ1) is 9.11. The van der Waals surface area contributed by atoms with Crippen LogP contribution >= 0.6 is 0 Å².